The molecule has 2 amide bonds. The Morgan fingerprint density at radius 1 is 0.824 bits per heavy atom. The van der Waals surface area contributed by atoms with E-state index in [2.05, 4.69) is 16.2 Å². The van der Waals surface area contributed by atoms with Gasteiger partial charge in [-0.1, -0.05) is 48.5 Å². The predicted molar refractivity (Wildman–Crippen MR) is 135 cm³/mol. The number of para-hydroxylation sites is 1. The maximum Gasteiger partial charge on any atom is 0.276 e. The van der Waals surface area contributed by atoms with Gasteiger partial charge in [-0.15, -0.1) is 0 Å². The van der Waals surface area contributed by atoms with E-state index in [1.165, 1.54) is 5.56 Å². The Hall–Kier alpha value is -3.91. The Morgan fingerprint density at radius 3 is 2.18 bits per heavy atom. The van der Waals surface area contributed by atoms with Crippen LogP contribution in [0.4, 0.5) is 0 Å². The molecule has 8 heteroatoms. The number of hydrogen-bond donors (Lipinski definition) is 3. The van der Waals surface area contributed by atoms with Crippen molar-refractivity contribution in [1.82, 2.24) is 16.2 Å². The van der Waals surface area contributed by atoms with Crippen molar-refractivity contribution >= 4 is 29.1 Å². The minimum absolute atomic E-state index is 0.0337. The first kappa shape index (κ1) is 24.7. The van der Waals surface area contributed by atoms with Crippen molar-refractivity contribution < 1.29 is 19.1 Å². The van der Waals surface area contributed by atoms with Crippen molar-refractivity contribution in [3.63, 3.8) is 0 Å². The van der Waals surface area contributed by atoms with Crippen LogP contribution in [0.2, 0.25) is 0 Å². The first-order valence-corrected chi connectivity index (χ1v) is 11.2. The van der Waals surface area contributed by atoms with E-state index >= 15 is 0 Å². The summed E-state index contributed by atoms with van der Waals surface area (Å²) >= 11 is 5.07. The molecule has 3 N–H and O–H groups in total. The molecular weight excluding hydrogens is 450 g/mol. The number of benzene rings is 3. The number of ether oxygens (including phenoxy) is 2. The number of rotatable bonds is 8. The highest BCUT2D eigenvalue weighted by Crippen LogP contribution is 2.22. The number of hydrazine groups is 1. The molecule has 3 aromatic carbocycles. The molecule has 0 radical (unpaired) electrons. The number of carbonyl (C=O) groups excluding carboxylic acids is 2. The number of hydrogen-bond acceptors (Lipinski definition) is 5. The van der Waals surface area contributed by atoms with Gasteiger partial charge < -0.3 is 9.47 Å². The lowest BCUT2D eigenvalue weighted by Crippen LogP contribution is -2.49. The lowest BCUT2D eigenvalue weighted by atomic mass is 10.1. The topological polar surface area (TPSA) is 88.7 Å². The van der Waals surface area contributed by atoms with Crippen LogP contribution in [0.1, 0.15) is 27.0 Å². The summed E-state index contributed by atoms with van der Waals surface area (Å²) in [7, 11) is 0. The molecule has 3 rings (SSSR count). The van der Waals surface area contributed by atoms with Crippen LogP contribution in [0, 0.1) is 13.8 Å². The number of amides is 2. The summed E-state index contributed by atoms with van der Waals surface area (Å²) in [5.41, 5.74) is 8.39. The monoisotopic (exact) mass is 477 g/mol. The minimum Gasteiger partial charge on any atom is -0.493 e. The van der Waals surface area contributed by atoms with Crippen LogP contribution in [0.25, 0.3) is 0 Å². The largest absolute Gasteiger partial charge is 0.493 e. The fourth-order valence-corrected chi connectivity index (χ4v) is 3.31. The van der Waals surface area contributed by atoms with E-state index in [1.54, 1.807) is 24.3 Å². The number of aryl methyl sites for hydroxylation is 2. The zero-order chi connectivity index (χ0) is 24.3. The second-order valence-electron chi connectivity index (χ2n) is 7.57. The zero-order valence-electron chi connectivity index (χ0n) is 19.1. The van der Waals surface area contributed by atoms with Crippen LogP contribution in [-0.2, 0) is 11.2 Å². The van der Waals surface area contributed by atoms with Gasteiger partial charge in [0.25, 0.3) is 11.8 Å². The maximum absolute atomic E-state index is 12.4. The third kappa shape index (κ3) is 7.60. The van der Waals surface area contributed by atoms with E-state index in [-0.39, 0.29) is 11.7 Å². The van der Waals surface area contributed by atoms with Gasteiger partial charge in [-0.05, 0) is 67.0 Å². The summed E-state index contributed by atoms with van der Waals surface area (Å²) in [6.07, 6.45) is 0.796. The lowest BCUT2D eigenvalue weighted by Gasteiger charge is -2.13. The molecule has 0 saturated carbocycles. The highest BCUT2D eigenvalue weighted by atomic mass is 32.1. The number of thiocarbonyl (C=S) groups is 1. The smallest absolute Gasteiger partial charge is 0.276 e. The Bertz CT molecular complexity index is 1110. The molecule has 0 fully saturated rings. The van der Waals surface area contributed by atoms with Crippen LogP contribution in [-0.4, -0.2) is 30.1 Å². The second-order valence-corrected chi connectivity index (χ2v) is 7.98. The summed E-state index contributed by atoms with van der Waals surface area (Å²) in [6, 6.07) is 22.5. The molecule has 0 atom stereocenters. The van der Waals surface area contributed by atoms with Crippen molar-refractivity contribution in [1.29, 1.82) is 0 Å². The first-order valence-electron chi connectivity index (χ1n) is 10.8. The van der Waals surface area contributed by atoms with Gasteiger partial charge in [-0.25, -0.2) is 0 Å². The SMILES string of the molecule is Cc1cccc(C)c1OCC(=O)NNC(=S)NC(=O)c1ccc(OCCc2ccccc2)cc1. The molecule has 3 aromatic rings. The summed E-state index contributed by atoms with van der Waals surface area (Å²) in [5.74, 6) is 0.496. The number of nitrogens with one attached hydrogen (secondary N) is 3. The lowest BCUT2D eigenvalue weighted by molar-refractivity contribution is -0.123. The van der Waals surface area contributed by atoms with Crippen molar-refractivity contribution in [3.8, 4) is 11.5 Å². The van der Waals surface area contributed by atoms with Gasteiger partial charge in [0.05, 0.1) is 6.61 Å². The van der Waals surface area contributed by atoms with Gasteiger partial charge in [0.15, 0.2) is 11.7 Å². The van der Waals surface area contributed by atoms with E-state index in [9.17, 15) is 9.59 Å². The molecule has 0 spiro atoms. The Balaban J connectivity index is 1.38. The molecule has 34 heavy (non-hydrogen) atoms. The van der Waals surface area contributed by atoms with Gasteiger partial charge in [0, 0.05) is 12.0 Å². The van der Waals surface area contributed by atoms with Crippen LogP contribution in [0.3, 0.4) is 0 Å². The summed E-state index contributed by atoms with van der Waals surface area (Å²) in [6.45, 7) is 4.16. The molecule has 7 nitrogen and oxygen atoms in total. The molecule has 176 valence electrons. The van der Waals surface area contributed by atoms with E-state index < -0.39 is 11.8 Å². The summed E-state index contributed by atoms with van der Waals surface area (Å²) < 4.78 is 11.3. The maximum atomic E-state index is 12.4. The molecule has 0 bridgehead atoms. The number of carbonyl (C=O) groups is 2. The third-order valence-corrected chi connectivity index (χ3v) is 5.12. The quantitative estimate of drug-likeness (QED) is 0.339. The van der Waals surface area contributed by atoms with Crippen molar-refractivity contribution in [2.75, 3.05) is 13.2 Å². The molecule has 0 saturated heterocycles. The van der Waals surface area contributed by atoms with E-state index in [4.69, 9.17) is 21.7 Å². The van der Waals surface area contributed by atoms with Crippen molar-refractivity contribution in [3.05, 3.63) is 95.1 Å². The first-order chi connectivity index (χ1) is 16.4. The molecular formula is C26H27N3O4S. The van der Waals surface area contributed by atoms with Crippen molar-refractivity contribution in [2.45, 2.75) is 20.3 Å². The average Bonchev–Trinajstić information content (AvgIpc) is 2.83. The van der Waals surface area contributed by atoms with Crippen molar-refractivity contribution in [2.24, 2.45) is 0 Å². The molecule has 0 aliphatic heterocycles. The molecule has 0 aromatic heterocycles. The van der Waals surface area contributed by atoms with Gasteiger partial charge in [0.2, 0.25) is 0 Å². The third-order valence-electron chi connectivity index (χ3n) is 4.92. The predicted octanol–water partition coefficient (Wildman–Crippen LogP) is 3.64. The van der Waals surface area contributed by atoms with E-state index in [0.29, 0.717) is 23.7 Å². The standard InChI is InChI=1S/C26H27N3O4S/c1-18-7-6-8-19(2)24(18)33-17-23(30)28-29-26(34)27-25(31)21-11-13-22(14-12-21)32-16-15-20-9-4-3-5-10-20/h3-14H,15-17H2,1-2H3,(H,28,30)(H2,27,29,31,34). The van der Waals surface area contributed by atoms with Crippen LogP contribution in [0.5, 0.6) is 11.5 Å². The Kier molecular flexibility index (Phi) is 8.99. The average molecular weight is 478 g/mol. The second kappa shape index (κ2) is 12.4. The molecule has 0 aliphatic carbocycles. The van der Waals surface area contributed by atoms with Crippen LogP contribution in [0.15, 0.2) is 72.8 Å². The Morgan fingerprint density at radius 2 is 1.50 bits per heavy atom. The van der Waals surface area contributed by atoms with Gasteiger partial charge in [-0.2, -0.15) is 0 Å². The van der Waals surface area contributed by atoms with Gasteiger partial charge in [0.1, 0.15) is 11.5 Å². The zero-order valence-corrected chi connectivity index (χ0v) is 19.9. The van der Waals surface area contributed by atoms with E-state index in [1.807, 2.05) is 62.4 Å². The fourth-order valence-electron chi connectivity index (χ4n) is 3.17. The van der Waals surface area contributed by atoms with Gasteiger partial charge >= 0.3 is 0 Å². The summed E-state index contributed by atoms with van der Waals surface area (Å²) in [4.78, 5) is 24.4. The van der Waals surface area contributed by atoms with E-state index in [0.717, 1.165) is 17.5 Å². The normalized spacial score (nSPS) is 10.2. The van der Waals surface area contributed by atoms with Crippen LogP contribution >= 0.6 is 12.2 Å². The highest BCUT2D eigenvalue weighted by Gasteiger charge is 2.10. The van der Waals surface area contributed by atoms with Crippen LogP contribution < -0.4 is 25.6 Å². The summed E-state index contributed by atoms with van der Waals surface area (Å²) in [5, 5.41) is 2.48. The Labute approximate surface area is 204 Å². The molecule has 0 heterocycles. The minimum atomic E-state index is -0.434. The van der Waals surface area contributed by atoms with Gasteiger partial charge in [-0.3, -0.25) is 25.8 Å². The molecule has 0 aliphatic rings. The fraction of sp³-hybridized carbons (Fsp3) is 0.192. The highest BCUT2D eigenvalue weighted by molar-refractivity contribution is 7.80. The molecule has 0 unspecified atom stereocenters.